The molecule has 2 atom stereocenters. The Bertz CT molecular complexity index is 1510. The Morgan fingerprint density at radius 2 is 2.06 bits per heavy atom. The number of piperidine rings is 1. The number of hydrogen-bond donors (Lipinski definition) is 2. The van der Waals surface area contributed by atoms with Crippen LogP contribution < -0.4 is 15.4 Å². The van der Waals surface area contributed by atoms with Crippen molar-refractivity contribution in [2.24, 2.45) is 11.7 Å². The molecule has 0 amide bonds. The Balaban J connectivity index is 1.52. The number of nitrogens with zero attached hydrogens (tertiary/aromatic N) is 6. The minimum atomic E-state index is -0.938. The molecule has 4 aromatic heterocycles. The molecule has 0 radical (unpaired) electrons. The van der Waals surface area contributed by atoms with Gasteiger partial charge in [0.15, 0.2) is 23.0 Å². The number of fused-ring (bicyclic) bond motifs is 4. The number of benzene rings is 1. The third-order valence-corrected chi connectivity index (χ3v) is 6.17. The van der Waals surface area contributed by atoms with Crippen molar-refractivity contribution in [3.63, 3.8) is 0 Å². The van der Waals surface area contributed by atoms with Gasteiger partial charge in [-0.05, 0) is 24.5 Å². The molecule has 9 nitrogen and oxygen atoms in total. The highest BCUT2D eigenvalue weighted by atomic mass is 19.2. The van der Waals surface area contributed by atoms with Crippen LogP contribution in [0, 0.1) is 17.6 Å². The lowest BCUT2D eigenvalue weighted by Gasteiger charge is -2.36. The first-order valence-corrected chi connectivity index (χ1v) is 10.6. The molecule has 11 heteroatoms. The van der Waals surface area contributed by atoms with Gasteiger partial charge < -0.3 is 20.4 Å². The summed E-state index contributed by atoms with van der Waals surface area (Å²) in [5.41, 5.74) is 7.65. The van der Waals surface area contributed by atoms with Crippen molar-refractivity contribution in [3.05, 3.63) is 48.4 Å². The van der Waals surface area contributed by atoms with Crippen molar-refractivity contribution in [1.29, 1.82) is 0 Å². The number of H-pyrrole nitrogens is 1. The van der Waals surface area contributed by atoms with Crippen LogP contribution in [0.5, 0.6) is 11.8 Å². The van der Waals surface area contributed by atoms with Crippen LogP contribution in [-0.2, 0) is 0 Å². The SMILES string of the molecule is CC1CN(c2nc(Oc3cnc4ccnn4c3)nc3[nH]c4ccc(F)c(F)c4c23)CCC1N. The molecule has 33 heavy (non-hydrogen) atoms. The van der Waals surface area contributed by atoms with E-state index in [4.69, 9.17) is 10.5 Å². The molecule has 1 aliphatic heterocycles. The first-order chi connectivity index (χ1) is 16.0. The maximum atomic E-state index is 14.9. The van der Waals surface area contributed by atoms with Gasteiger partial charge in [-0.2, -0.15) is 15.1 Å². The largest absolute Gasteiger partial charge is 0.421 e. The van der Waals surface area contributed by atoms with Gasteiger partial charge in [-0.3, -0.25) is 0 Å². The van der Waals surface area contributed by atoms with Gasteiger partial charge in [0.2, 0.25) is 0 Å². The first-order valence-electron chi connectivity index (χ1n) is 10.6. The Morgan fingerprint density at radius 3 is 2.91 bits per heavy atom. The second-order valence-corrected chi connectivity index (χ2v) is 8.36. The van der Waals surface area contributed by atoms with Gasteiger partial charge in [0.05, 0.1) is 34.9 Å². The van der Waals surface area contributed by atoms with Gasteiger partial charge in [-0.25, -0.2) is 18.3 Å². The number of rotatable bonds is 3. The number of nitrogens with two attached hydrogens (primary N) is 1. The molecule has 1 fully saturated rings. The fraction of sp³-hybridized carbons (Fsp3) is 0.273. The fourth-order valence-electron chi connectivity index (χ4n) is 4.36. The minimum absolute atomic E-state index is 0.0563. The molecule has 168 valence electrons. The predicted molar refractivity (Wildman–Crippen MR) is 118 cm³/mol. The summed E-state index contributed by atoms with van der Waals surface area (Å²) in [5.74, 6) is -0.808. The molecule has 1 aromatic carbocycles. The van der Waals surface area contributed by atoms with Crippen LogP contribution in [-0.4, -0.2) is 48.7 Å². The summed E-state index contributed by atoms with van der Waals surface area (Å²) in [4.78, 5) is 18.5. The number of nitrogens with one attached hydrogen (secondary N) is 1. The molecule has 0 aliphatic carbocycles. The maximum Gasteiger partial charge on any atom is 0.326 e. The lowest BCUT2D eigenvalue weighted by molar-refractivity contribution is 0.380. The number of aromatic amines is 1. The summed E-state index contributed by atoms with van der Waals surface area (Å²) in [6, 6.07) is 4.47. The van der Waals surface area contributed by atoms with Crippen LogP contribution in [0.2, 0.25) is 0 Å². The van der Waals surface area contributed by atoms with E-state index in [1.54, 1.807) is 29.2 Å². The maximum absolute atomic E-state index is 14.9. The van der Waals surface area contributed by atoms with Crippen LogP contribution in [0.3, 0.4) is 0 Å². The van der Waals surface area contributed by atoms with E-state index in [-0.39, 0.29) is 23.4 Å². The van der Waals surface area contributed by atoms with Gasteiger partial charge >= 0.3 is 6.01 Å². The van der Waals surface area contributed by atoms with Crippen molar-refractivity contribution >= 4 is 33.4 Å². The van der Waals surface area contributed by atoms with E-state index in [0.29, 0.717) is 46.9 Å². The van der Waals surface area contributed by atoms with Gasteiger partial charge in [0.25, 0.3) is 0 Å². The second kappa shape index (κ2) is 7.34. The number of ether oxygens (including phenoxy) is 1. The van der Waals surface area contributed by atoms with Gasteiger partial charge in [-0.15, -0.1) is 0 Å². The molecule has 1 saturated heterocycles. The van der Waals surface area contributed by atoms with Gasteiger partial charge in [-0.1, -0.05) is 6.92 Å². The third-order valence-electron chi connectivity index (χ3n) is 6.17. The molecule has 0 saturated carbocycles. The number of anilines is 1. The molecular formula is C22H20F2N8O. The molecule has 6 rings (SSSR count). The monoisotopic (exact) mass is 450 g/mol. The van der Waals surface area contributed by atoms with Crippen molar-refractivity contribution in [1.82, 2.24) is 29.5 Å². The summed E-state index contributed by atoms with van der Waals surface area (Å²) in [6.45, 7) is 3.31. The normalized spacial score (nSPS) is 19.1. The van der Waals surface area contributed by atoms with E-state index in [2.05, 4.69) is 32.0 Å². The van der Waals surface area contributed by atoms with Crippen LogP contribution in [0.1, 0.15) is 13.3 Å². The highest BCUT2D eigenvalue weighted by Crippen LogP contribution is 2.37. The smallest absolute Gasteiger partial charge is 0.326 e. The van der Waals surface area contributed by atoms with Crippen LogP contribution in [0.15, 0.2) is 36.8 Å². The quantitative estimate of drug-likeness (QED) is 0.433. The van der Waals surface area contributed by atoms with Gasteiger partial charge in [0, 0.05) is 25.2 Å². The highest BCUT2D eigenvalue weighted by molar-refractivity contribution is 6.11. The summed E-state index contributed by atoms with van der Waals surface area (Å²) in [7, 11) is 0. The van der Waals surface area contributed by atoms with E-state index in [1.165, 1.54) is 6.07 Å². The summed E-state index contributed by atoms with van der Waals surface area (Å²) < 4.78 is 36.5. The standard InChI is InChI=1S/C22H20F2N8O/c1-11-9-31(7-5-14(11)25)21-18-17-15(3-2-13(23)19(17)24)28-20(18)29-22(30-21)33-12-8-26-16-4-6-27-32(16)10-12/h2-4,6,8,10-11,14H,5,7,9,25H2,1H3,(H,28,29,30). The third kappa shape index (κ3) is 3.23. The van der Waals surface area contributed by atoms with E-state index in [9.17, 15) is 8.78 Å². The average Bonchev–Trinajstić information content (AvgIpc) is 3.42. The average molecular weight is 450 g/mol. The lowest BCUT2D eigenvalue weighted by atomic mass is 9.94. The topological polar surface area (TPSA) is 110 Å². The Hall–Kier alpha value is -3.86. The minimum Gasteiger partial charge on any atom is -0.421 e. The number of hydrogen-bond acceptors (Lipinski definition) is 7. The fourth-order valence-corrected chi connectivity index (χ4v) is 4.36. The molecule has 3 N–H and O–H groups in total. The van der Waals surface area contributed by atoms with E-state index in [1.807, 2.05) is 4.90 Å². The van der Waals surface area contributed by atoms with E-state index in [0.717, 1.165) is 12.5 Å². The van der Waals surface area contributed by atoms with Crippen molar-refractivity contribution in [2.75, 3.05) is 18.0 Å². The lowest BCUT2D eigenvalue weighted by Crippen LogP contribution is -2.46. The van der Waals surface area contributed by atoms with Crippen LogP contribution >= 0.6 is 0 Å². The van der Waals surface area contributed by atoms with Crippen molar-refractivity contribution < 1.29 is 13.5 Å². The molecule has 5 heterocycles. The molecule has 0 bridgehead atoms. The van der Waals surface area contributed by atoms with Crippen LogP contribution in [0.25, 0.3) is 27.6 Å². The Labute approximate surface area is 186 Å². The molecule has 2 unspecified atom stereocenters. The zero-order valence-corrected chi connectivity index (χ0v) is 17.7. The zero-order valence-electron chi connectivity index (χ0n) is 17.7. The van der Waals surface area contributed by atoms with Crippen LogP contribution in [0.4, 0.5) is 14.6 Å². The van der Waals surface area contributed by atoms with E-state index < -0.39 is 11.6 Å². The molecular weight excluding hydrogens is 430 g/mol. The molecule has 0 spiro atoms. The summed E-state index contributed by atoms with van der Waals surface area (Å²) in [5, 5.41) is 4.69. The Morgan fingerprint density at radius 1 is 1.18 bits per heavy atom. The predicted octanol–water partition coefficient (Wildman–Crippen LogP) is 3.40. The summed E-state index contributed by atoms with van der Waals surface area (Å²) in [6.07, 6.45) is 5.60. The second-order valence-electron chi connectivity index (χ2n) is 8.36. The number of aromatic nitrogens is 6. The van der Waals surface area contributed by atoms with Gasteiger partial charge in [0.1, 0.15) is 11.5 Å². The Kier molecular flexibility index (Phi) is 4.40. The molecule has 1 aliphatic rings. The van der Waals surface area contributed by atoms with E-state index >= 15 is 0 Å². The zero-order chi connectivity index (χ0) is 22.7. The molecule has 5 aromatic rings. The first kappa shape index (κ1) is 19.8. The number of halogens is 2. The summed E-state index contributed by atoms with van der Waals surface area (Å²) >= 11 is 0. The van der Waals surface area contributed by atoms with Crippen molar-refractivity contribution in [3.8, 4) is 11.8 Å². The highest BCUT2D eigenvalue weighted by Gasteiger charge is 2.28. The van der Waals surface area contributed by atoms with Crippen molar-refractivity contribution in [2.45, 2.75) is 19.4 Å².